The third-order valence-corrected chi connectivity index (χ3v) is 8.94. The summed E-state index contributed by atoms with van der Waals surface area (Å²) in [5.41, 5.74) is 5.77. The number of carbonyl (C=O) groups is 4. The number of nitrogen functional groups attached to an aromatic ring is 1. The molecule has 4 heterocycles. The molecule has 13 nitrogen and oxygen atoms in total. The summed E-state index contributed by atoms with van der Waals surface area (Å²) < 4.78 is 58.5. The van der Waals surface area contributed by atoms with Gasteiger partial charge < -0.3 is 30.9 Å². The number of anilines is 1. The van der Waals surface area contributed by atoms with Gasteiger partial charge in [0.1, 0.15) is 30.4 Å². The van der Waals surface area contributed by atoms with Crippen LogP contribution in [-0.4, -0.2) is 80.8 Å². The van der Waals surface area contributed by atoms with Crippen molar-refractivity contribution in [3.8, 4) is 0 Å². The lowest BCUT2D eigenvalue weighted by molar-refractivity contribution is -0.672. The van der Waals surface area contributed by atoms with Gasteiger partial charge in [-0.2, -0.15) is 22.0 Å². The summed E-state index contributed by atoms with van der Waals surface area (Å²) in [4.78, 5) is 57.1. The number of nitrogens with two attached hydrogens (primary N) is 1. The number of hydrogen-bond acceptors (Lipinski definition) is 12. The molecule has 238 valence electrons. The van der Waals surface area contributed by atoms with Crippen molar-refractivity contribution in [2.75, 3.05) is 17.2 Å². The normalized spacial score (nSPS) is 18.2. The first-order chi connectivity index (χ1) is 20.5. The number of nitrogens with zero attached hydrogens (tertiary/aromatic N) is 4. The molecule has 0 saturated carbocycles. The predicted octanol–water partition coefficient (Wildman–Crippen LogP) is 0.631. The number of β-lactam (4-membered cyclic amide) rings is 1. The minimum absolute atomic E-state index is 0.0725. The molecule has 2 aliphatic rings. The molecule has 0 radical (unpaired) electrons. The summed E-state index contributed by atoms with van der Waals surface area (Å²) in [5.74, 6) is -5.20. The van der Waals surface area contributed by atoms with E-state index in [1.165, 1.54) is 28.9 Å². The van der Waals surface area contributed by atoms with Gasteiger partial charge in [0.25, 0.3) is 11.8 Å². The largest absolute Gasteiger partial charge is 0.542 e. The number of thiazole rings is 1. The van der Waals surface area contributed by atoms with Crippen LogP contribution in [0.2, 0.25) is 0 Å². The molecule has 21 heteroatoms. The van der Waals surface area contributed by atoms with Crippen molar-refractivity contribution in [2.24, 2.45) is 12.2 Å². The molecule has 0 bridgehead atoms. The van der Waals surface area contributed by atoms with Crippen LogP contribution in [0.15, 0.2) is 44.5 Å². The maximum atomic E-state index is 13.0. The highest BCUT2D eigenvalue weighted by Crippen LogP contribution is 2.41. The predicted molar refractivity (Wildman–Crippen MR) is 144 cm³/mol. The van der Waals surface area contributed by atoms with Gasteiger partial charge in [-0.15, -0.1) is 34.9 Å². The van der Waals surface area contributed by atoms with Crippen molar-refractivity contribution in [1.29, 1.82) is 0 Å². The number of aliphatic carboxylic acids is 2. The second-order valence-electron chi connectivity index (χ2n) is 8.72. The van der Waals surface area contributed by atoms with Gasteiger partial charge in [-0.3, -0.25) is 14.5 Å². The maximum Gasteiger partial charge on any atom is 0.430 e. The molecule has 2 aromatic heterocycles. The quantitative estimate of drug-likeness (QED) is 0.0839. The number of aryl methyl sites for hydroxylation is 2. The average Bonchev–Trinajstić information content (AvgIpc) is 3.35. The van der Waals surface area contributed by atoms with Crippen LogP contribution >= 0.6 is 34.9 Å². The highest BCUT2D eigenvalue weighted by Gasteiger charge is 2.54. The fraction of sp³-hybridized carbons (Fsp3) is 0.348. The van der Waals surface area contributed by atoms with E-state index < -0.39 is 54.3 Å². The number of fused-ring (bicyclic) bond motifs is 1. The number of alkyl halides is 5. The number of hydrogen-bond donors (Lipinski definition) is 3. The standard InChI is InChI=1S/C21H20F2N6O5S3.C2HF3O2/c1-9-5-28(2)4-3-12(9)36-8-13-16(19(32)33)29-11(7-35-13)15(18(29)31)26-17(30)14(27-34-20(22)23)10-6-37-21(24)25-10;3-2(4,5)1(6)7/h3-6,11,15,20H,7-8H2,1-2H3,(H3-,24,25,26,30,32,33);(H,6,7). The number of aromatic nitrogens is 2. The number of pyridine rings is 1. The van der Waals surface area contributed by atoms with Crippen molar-refractivity contribution in [1.82, 2.24) is 15.2 Å². The second kappa shape index (κ2) is 14.2. The first-order valence-electron chi connectivity index (χ1n) is 11.8. The Morgan fingerprint density at radius 1 is 1.39 bits per heavy atom. The minimum atomic E-state index is -5.19. The molecule has 1 saturated heterocycles. The minimum Gasteiger partial charge on any atom is -0.542 e. The van der Waals surface area contributed by atoms with Gasteiger partial charge in [0.05, 0.1) is 6.04 Å². The third-order valence-electron chi connectivity index (χ3n) is 5.68. The van der Waals surface area contributed by atoms with E-state index in [1.807, 2.05) is 37.0 Å². The summed E-state index contributed by atoms with van der Waals surface area (Å²) >= 11 is 3.72. The molecule has 4 N–H and O–H groups in total. The zero-order valence-electron chi connectivity index (χ0n) is 22.3. The van der Waals surface area contributed by atoms with E-state index in [1.54, 1.807) is 0 Å². The number of carboxylic acid groups (broad SMARTS) is 2. The van der Waals surface area contributed by atoms with E-state index in [-0.39, 0.29) is 16.5 Å². The van der Waals surface area contributed by atoms with Gasteiger partial charge in [-0.1, -0.05) is 5.16 Å². The number of carboxylic acids is 2. The number of oxime groups is 1. The lowest BCUT2D eigenvalue weighted by Gasteiger charge is -2.49. The lowest BCUT2D eigenvalue weighted by Crippen LogP contribution is -2.73. The summed E-state index contributed by atoms with van der Waals surface area (Å²) in [6.07, 6.45) is -1.35. The zero-order chi connectivity index (χ0) is 32.9. The van der Waals surface area contributed by atoms with Crippen molar-refractivity contribution < 1.29 is 60.7 Å². The van der Waals surface area contributed by atoms with E-state index in [4.69, 9.17) is 15.6 Å². The number of carbonyl (C=O) groups excluding carboxylic acids is 3. The monoisotopic (exact) mass is 684 g/mol. The van der Waals surface area contributed by atoms with Crippen molar-refractivity contribution in [2.45, 2.75) is 36.7 Å². The summed E-state index contributed by atoms with van der Waals surface area (Å²) in [6, 6.07) is 0.217. The average molecular weight is 685 g/mol. The van der Waals surface area contributed by atoms with Gasteiger partial charge in [-0.05, 0) is 6.92 Å². The van der Waals surface area contributed by atoms with Crippen molar-refractivity contribution >= 4 is 69.5 Å². The number of nitrogens with one attached hydrogen (secondary N) is 1. The molecular formula is C23H21F5N6O7S3. The van der Waals surface area contributed by atoms with Gasteiger partial charge in [-0.25, -0.2) is 14.3 Å². The molecule has 44 heavy (non-hydrogen) atoms. The van der Waals surface area contributed by atoms with E-state index in [0.717, 1.165) is 26.7 Å². The van der Waals surface area contributed by atoms with E-state index in [2.05, 4.69) is 20.3 Å². The molecule has 2 aliphatic heterocycles. The van der Waals surface area contributed by atoms with Gasteiger partial charge >= 0.3 is 18.8 Å². The fourth-order valence-electron chi connectivity index (χ4n) is 3.81. The molecule has 2 unspecified atom stereocenters. The van der Waals surface area contributed by atoms with Crippen LogP contribution in [0.5, 0.6) is 0 Å². The van der Waals surface area contributed by atoms with Gasteiger partial charge in [0.2, 0.25) is 0 Å². The summed E-state index contributed by atoms with van der Waals surface area (Å²) in [6.45, 7) is -1.33. The highest BCUT2D eigenvalue weighted by molar-refractivity contribution is 8.06. The molecule has 2 amide bonds. The number of amides is 2. The Labute approximate surface area is 256 Å². The Morgan fingerprint density at radius 2 is 2.05 bits per heavy atom. The van der Waals surface area contributed by atoms with Crippen LogP contribution in [-0.2, 0) is 31.1 Å². The molecule has 0 aliphatic carbocycles. The molecule has 2 atom stereocenters. The molecule has 4 rings (SSSR count). The molecule has 2 aromatic rings. The lowest BCUT2D eigenvalue weighted by atomic mass is 9.94. The summed E-state index contributed by atoms with van der Waals surface area (Å²) in [7, 11) is 1.90. The van der Waals surface area contributed by atoms with Crippen LogP contribution in [0.1, 0.15) is 11.3 Å². The topological polar surface area (TPSA) is 191 Å². The van der Waals surface area contributed by atoms with Crippen LogP contribution < -0.4 is 20.7 Å². The zero-order valence-corrected chi connectivity index (χ0v) is 24.8. The van der Waals surface area contributed by atoms with Crippen LogP contribution in [0.3, 0.4) is 0 Å². The molecule has 0 aromatic carbocycles. The van der Waals surface area contributed by atoms with Crippen molar-refractivity contribution in [3.05, 3.63) is 45.7 Å². The first-order valence-corrected chi connectivity index (χ1v) is 14.7. The van der Waals surface area contributed by atoms with Crippen LogP contribution in [0.25, 0.3) is 0 Å². The van der Waals surface area contributed by atoms with Gasteiger partial charge in [0.15, 0.2) is 23.2 Å². The first kappa shape index (κ1) is 34.5. The molecular weight excluding hydrogens is 663 g/mol. The SMILES string of the molecule is Cc1c[n+](C)ccc1SCC1=C(C(=O)O)N2C(=O)C(NC(=O)C(=NOC(F)F)c3csc(N)n3)C2CS1.O=C([O-])C(F)(F)F. The van der Waals surface area contributed by atoms with E-state index in [9.17, 15) is 41.4 Å². The Bertz CT molecular complexity index is 1520. The fourth-order valence-corrected chi connectivity index (χ4v) is 6.76. The van der Waals surface area contributed by atoms with E-state index >= 15 is 0 Å². The maximum absolute atomic E-state index is 13.0. The van der Waals surface area contributed by atoms with Crippen LogP contribution in [0.4, 0.5) is 27.1 Å². The number of rotatable bonds is 9. The number of thioether (sulfide) groups is 2. The summed E-state index contributed by atoms with van der Waals surface area (Å²) in [5, 5.41) is 25.7. The van der Waals surface area contributed by atoms with E-state index in [0.29, 0.717) is 16.4 Å². The number of halogens is 5. The Morgan fingerprint density at radius 3 is 2.57 bits per heavy atom. The molecule has 1 fully saturated rings. The van der Waals surface area contributed by atoms with Gasteiger partial charge in [0, 0.05) is 38.3 Å². The Hall–Kier alpha value is -3.98. The molecule has 0 spiro atoms. The smallest absolute Gasteiger partial charge is 0.430 e. The van der Waals surface area contributed by atoms with Crippen molar-refractivity contribution in [3.63, 3.8) is 0 Å². The Kier molecular flexibility index (Phi) is 11.1. The third kappa shape index (κ3) is 8.34. The Balaban J connectivity index is 0.000000676. The van der Waals surface area contributed by atoms with Crippen LogP contribution in [0, 0.1) is 6.92 Å². The highest BCUT2D eigenvalue weighted by atomic mass is 32.2. The second-order valence-corrected chi connectivity index (χ2v) is 11.7.